The van der Waals surface area contributed by atoms with E-state index in [1.54, 1.807) is 17.0 Å². The minimum Gasteiger partial charge on any atom is -0.340 e. The maximum Gasteiger partial charge on any atom is 0.243 e. The van der Waals surface area contributed by atoms with E-state index in [0.29, 0.717) is 18.8 Å². The third-order valence-corrected chi connectivity index (χ3v) is 5.41. The van der Waals surface area contributed by atoms with Crippen LogP contribution in [0.3, 0.4) is 0 Å². The molecule has 1 aliphatic heterocycles. The fourth-order valence-electron chi connectivity index (χ4n) is 2.31. The Morgan fingerprint density at radius 1 is 1.00 bits per heavy atom. The van der Waals surface area contributed by atoms with Crippen molar-refractivity contribution in [3.8, 4) is 0 Å². The number of amides is 2. The van der Waals surface area contributed by atoms with E-state index in [-0.39, 0.29) is 29.8 Å². The van der Waals surface area contributed by atoms with Gasteiger partial charge in [-0.15, -0.1) is 0 Å². The summed E-state index contributed by atoms with van der Waals surface area (Å²) < 4.78 is 26.4. The maximum atomic E-state index is 12.5. The molecule has 0 saturated carbocycles. The van der Waals surface area contributed by atoms with Crippen LogP contribution in [0.4, 0.5) is 5.69 Å². The molecule has 1 N–H and O–H groups in total. The molecule has 22 heavy (non-hydrogen) atoms. The van der Waals surface area contributed by atoms with Crippen molar-refractivity contribution in [2.24, 2.45) is 0 Å². The van der Waals surface area contributed by atoms with E-state index in [4.69, 9.17) is 0 Å². The van der Waals surface area contributed by atoms with Gasteiger partial charge in [0.1, 0.15) is 0 Å². The van der Waals surface area contributed by atoms with Crippen molar-refractivity contribution in [2.75, 3.05) is 31.5 Å². The second-order valence-electron chi connectivity index (χ2n) is 5.12. The molecule has 0 aliphatic carbocycles. The molecule has 0 unspecified atom stereocenters. The van der Waals surface area contributed by atoms with E-state index in [0.717, 1.165) is 0 Å². The van der Waals surface area contributed by atoms with Crippen molar-refractivity contribution in [1.29, 1.82) is 0 Å². The van der Waals surface area contributed by atoms with Crippen molar-refractivity contribution in [3.05, 3.63) is 24.3 Å². The molecule has 0 aromatic heterocycles. The molecular weight excluding hydrogens is 306 g/mol. The van der Waals surface area contributed by atoms with Crippen LogP contribution in [0.25, 0.3) is 0 Å². The Bertz CT molecular complexity index is 662. The zero-order valence-electron chi connectivity index (χ0n) is 12.6. The molecule has 8 heteroatoms. The molecular formula is C14H19N3O4S. The first-order chi connectivity index (χ1) is 10.3. The summed E-state index contributed by atoms with van der Waals surface area (Å²) in [7, 11) is -3.57. The number of hydrogen-bond acceptors (Lipinski definition) is 4. The molecule has 1 heterocycles. The second-order valence-corrected chi connectivity index (χ2v) is 7.05. The molecule has 1 fully saturated rings. The first kappa shape index (κ1) is 16.4. The minimum atomic E-state index is -3.57. The van der Waals surface area contributed by atoms with Crippen molar-refractivity contribution < 1.29 is 18.0 Å². The Hall–Kier alpha value is -1.93. The van der Waals surface area contributed by atoms with Crippen LogP contribution in [-0.4, -0.2) is 55.6 Å². The third kappa shape index (κ3) is 3.63. The highest BCUT2D eigenvalue weighted by atomic mass is 32.2. The summed E-state index contributed by atoms with van der Waals surface area (Å²) in [6, 6.07) is 6.05. The molecule has 2 amide bonds. The minimum absolute atomic E-state index is 0.0447. The number of nitrogens with one attached hydrogen (secondary N) is 1. The molecule has 0 radical (unpaired) electrons. The quantitative estimate of drug-likeness (QED) is 0.876. The van der Waals surface area contributed by atoms with Crippen LogP contribution >= 0.6 is 0 Å². The summed E-state index contributed by atoms with van der Waals surface area (Å²) in [5.41, 5.74) is 0.549. The zero-order chi connectivity index (χ0) is 16.3. The third-order valence-electron chi connectivity index (χ3n) is 3.50. The molecule has 1 saturated heterocycles. The normalized spacial score (nSPS) is 16.4. The van der Waals surface area contributed by atoms with Crippen LogP contribution in [0.5, 0.6) is 0 Å². The molecule has 0 atom stereocenters. The van der Waals surface area contributed by atoms with Crippen LogP contribution < -0.4 is 5.32 Å². The van der Waals surface area contributed by atoms with Gasteiger partial charge >= 0.3 is 0 Å². The lowest BCUT2D eigenvalue weighted by molar-refractivity contribution is -0.130. The van der Waals surface area contributed by atoms with E-state index in [9.17, 15) is 18.0 Å². The Kier molecular flexibility index (Phi) is 4.82. The molecule has 1 aliphatic rings. The highest BCUT2D eigenvalue weighted by Crippen LogP contribution is 2.19. The van der Waals surface area contributed by atoms with Crippen LogP contribution in [0.15, 0.2) is 29.2 Å². The molecule has 2 rings (SSSR count). The first-order valence-corrected chi connectivity index (χ1v) is 8.38. The van der Waals surface area contributed by atoms with Crippen LogP contribution in [-0.2, 0) is 19.6 Å². The molecule has 120 valence electrons. The number of rotatable bonds is 3. The smallest absolute Gasteiger partial charge is 0.243 e. The van der Waals surface area contributed by atoms with Crippen molar-refractivity contribution in [1.82, 2.24) is 9.21 Å². The standard InChI is InChI=1S/C14H19N3O4S/c1-11(18)15-13-3-5-14(6-4-13)22(20,21)17-9-7-16(8-10-17)12(2)19/h3-6H,7-10H2,1-2H3,(H,15,18). The van der Waals surface area contributed by atoms with Crippen molar-refractivity contribution >= 4 is 27.5 Å². The van der Waals surface area contributed by atoms with Gasteiger partial charge in [-0.25, -0.2) is 8.42 Å². The largest absolute Gasteiger partial charge is 0.340 e. The number of benzene rings is 1. The predicted molar refractivity (Wildman–Crippen MR) is 81.8 cm³/mol. The van der Waals surface area contributed by atoms with Crippen LogP contribution in [0.1, 0.15) is 13.8 Å². The van der Waals surface area contributed by atoms with E-state index < -0.39 is 10.0 Å². The second kappa shape index (κ2) is 6.45. The van der Waals surface area contributed by atoms with E-state index in [1.165, 1.54) is 30.3 Å². The van der Waals surface area contributed by atoms with E-state index >= 15 is 0 Å². The van der Waals surface area contributed by atoms with Gasteiger partial charge in [0.25, 0.3) is 0 Å². The van der Waals surface area contributed by atoms with Gasteiger partial charge < -0.3 is 10.2 Å². The van der Waals surface area contributed by atoms with Gasteiger partial charge in [0, 0.05) is 45.7 Å². The SMILES string of the molecule is CC(=O)Nc1ccc(S(=O)(=O)N2CCN(C(C)=O)CC2)cc1. The van der Waals surface area contributed by atoms with Crippen LogP contribution in [0, 0.1) is 0 Å². The van der Waals surface area contributed by atoms with Gasteiger partial charge in [0.2, 0.25) is 21.8 Å². The van der Waals surface area contributed by atoms with Gasteiger partial charge in [0.05, 0.1) is 4.90 Å². The lowest BCUT2D eigenvalue weighted by Gasteiger charge is -2.33. The zero-order valence-corrected chi connectivity index (χ0v) is 13.4. The van der Waals surface area contributed by atoms with Gasteiger partial charge in [-0.2, -0.15) is 4.31 Å². The fraction of sp³-hybridized carbons (Fsp3) is 0.429. The first-order valence-electron chi connectivity index (χ1n) is 6.94. The number of hydrogen-bond donors (Lipinski definition) is 1. The van der Waals surface area contributed by atoms with E-state index in [2.05, 4.69) is 5.32 Å². The van der Waals surface area contributed by atoms with Gasteiger partial charge in [-0.3, -0.25) is 9.59 Å². The van der Waals surface area contributed by atoms with Crippen molar-refractivity contribution in [3.63, 3.8) is 0 Å². The lowest BCUT2D eigenvalue weighted by Crippen LogP contribution is -2.49. The topological polar surface area (TPSA) is 86.8 Å². The van der Waals surface area contributed by atoms with Crippen molar-refractivity contribution in [2.45, 2.75) is 18.7 Å². The highest BCUT2D eigenvalue weighted by Gasteiger charge is 2.29. The molecule has 1 aromatic carbocycles. The summed E-state index contributed by atoms with van der Waals surface area (Å²) >= 11 is 0. The number of carbonyl (C=O) groups excluding carboxylic acids is 2. The number of anilines is 1. The number of piperazine rings is 1. The summed E-state index contributed by atoms with van der Waals surface area (Å²) in [4.78, 5) is 24.0. The highest BCUT2D eigenvalue weighted by molar-refractivity contribution is 7.89. The number of sulfonamides is 1. The van der Waals surface area contributed by atoms with Gasteiger partial charge in [0.15, 0.2) is 0 Å². The van der Waals surface area contributed by atoms with E-state index in [1.807, 2.05) is 0 Å². The fourth-order valence-corrected chi connectivity index (χ4v) is 3.73. The predicted octanol–water partition coefficient (Wildman–Crippen LogP) is 0.498. The van der Waals surface area contributed by atoms with Crippen LogP contribution in [0.2, 0.25) is 0 Å². The molecule has 0 bridgehead atoms. The Balaban J connectivity index is 2.10. The summed E-state index contributed by atoms with van der Waals surface area (Å²) in [5, 5.41) is 2.59. The molecule has 1 aromatic rings. The summed E-state index contributed by atoms with van der Waals surface area (Å²) in [5.74, 6) is -0.257. The average Bonchev–Trinajstić information content (AvgIpc) is 2.47. The number of carbonyl (C=O) groups is 2. The Morgan fingerprint density at radius 2 is 1.55 bits per heavy atom. The monoisotopic (exact) mass is 325 g/mol. The number of nitrogens with zero attached hydrogens (tertiary/aromatic N) is 2. The summed E-state index contributed by atoms with van der Waals surface area (Å²) in [6.07, 6.45) is 0. The Morgan fingerprint density at radius 3 is 2.00 bits per heavy atom. The Labute approximate surface area is 129 Å². The average molecular weight is 325 g/mol. The molecule has 7 nitrogen and oxygen atoms in total. The van der Waals surface area contributed by atoms with Gasteiger partial charge in [-0.05, 0) is 24.3 Å². The molecule has 0 spiro atoms. The maximum absolute atomic E-state index is 12.5. The summed E-state index contributed by atoms with van der Waals surface area (Å²) in [6.45, 7) is 4.24. The lowest BCUT2D eigenvalue weighted by atomic mass is 10.3. The van der Waals surface area contributed by atoms with Gasteiger partial charge in [-0.1, -0.05) is 0 Å².